The van der Waals surface area contributed by atoms with Gasteiger partial charge in [-0.2, -0.15) is 0 Å². The fourth-order valence-corrected chi connectivity index (χ4v) is 5.49. The average Bonchev–Trinajstić information content (AvgIpc) is 3.25. The van der Waals surface area contributed by atoms with Crippen LogP contribution in [0.4, 0.5) is 15.8 Å². The van der Waals surface area contributed by atoms with Gasteiger partial charge in [0.05, 0.1) is 10.6 Å². The predicted molar refractivity (Wildman–Crippen MR) is 125 cm³/mol. The number of sulfonamides is 1. The van der Waals surface area contributed by atoms with Crippen LogP contribution in [0.5, 0.6) is 0 Å². The van der Waals surface area contributed by atoms with E-state index in [4.69, 9.17) is 0 Å². The summed E-state index contributed by atoms with van der Waals surface area (Å²) in [5, 5.41) is 4.70. The van der Waals surface area contributed by atoms with Gasteiger partial charge in [-0.15, -0.1) is 11.3 Å². The lowest BCUT2D eigenvalue weighted by molar-refractivity contribution is -0.133. The van der Waals surface area contributed by atoms with Gasteiger partial charge in [0.2, 0.25) is 11.8 Å². The number of anilines is 2. The van der Waals surface area contributed by atoms with Crippen LogP contribution in [0.15, 0.2) is 64.9 Å². The van der Waals surface area contributed by atoms with Crippen molar-refractivity contribution in [3.8, 4) is 0 Å². The molecule has 1 aromatic heterocycles. The van der Waals surface area contributed by atoms with Gasteiger partial charge in [-0.25, -0.2) is 12.8 Å². The smallest absolute Gasteiger partial charge is 0.261 e. The van der Waals surface area contributed by atoms with Gasteiger partial charge in [0.25, 0.3) is 10.0 Å². The average molecular weight is 488 g/mol. The number of halogens is 1. The molecule has 0 aliphatic carbocycles. The minimum Gasteiger partial charge on any atom is -0.338 e. The van der Waals surface area contributed by atoms with E-state index in [1.165, 1.54) is 52.9 Å². The Labute approximate surface area is 195 Å². The van der Waals surface area contributed by atoms with Gasteiger partial charge < -0.3 is 10.2 Å². The second kappa shape index (κ2) is 9.72. The summed E-state index contributed by atoms with van der Waals surface area (Å²) >= 11 is 1.70. The summed E-state index contributed by atoms with van der Waals surface area (Å²) in [6, 6.07) is 12.8. The highest BCUT2D eigenvalue weighted by Crippen LogP contribution is 2.24. The van der Waals surface area contributed by atoms with Crippen molar-refractivity contribution in [2.24, 2.45) is 0 Å². The molecule has 172 valence electrons. The molecule has 3 aromatic rings. The summed E-state index contributed by atoms with van der Waals surface area (Å²) in [4.78, 5) is 27.8. The number of amides is 2. The molecular weight excluding hydrogens is 465 g/mol. The molecule has 7 nitrogen and oxygen atoms in total. The summed E-state index contributed by atoms with van der Waals surface area (Å²) in [5.74, 6) is -0.944. The van der Waals surface area contributed by atoms with E-state index in [0.29, 0.717) is 18.8 Å². The minimum atomic E-state index is -3.91. The number of hydrogen-bond acceptors (Lipinski definition) is 5. The predicted octanol–water partition coefficient (Wildman–Crippen LogP) is 3.99. The SMILES string of the molecule is O=C(CCC(=O)N1CCc2sccc2C1)Nc1ccc(S(=O)(=O)Nc2cccc(F)c2)cc1. The van der Waals surface area contributed by atoms with Gasteiger partial charge in [0, 0.05) is 36.5 Å². The number of hydrogen-bond donors (Lipinski definition) is 2. The molecule has 4 rings (SSSR count). The Kier molecular flexibility index (Phi) is 6.75. The summed E-state index contributed by atoms with van der Waals surface area (Å²) in [7, 11) is -3.91. The molecule has 0 spiro atoms. The van der Waals surface area contributed by atoms with Crippen LogP contribution in [-0.4, -0.2) is 31.7 Å². The summed E-state index contributed by atoms with van der Waals surface area (Å²) in [6.45, 7) is 1.24. The van der Waals surface area contributed by atoms with Crippen molar-refractivity contribution >= 4 is 44.5 Å². The highest BCUT2D eigenvalue weighted by Gasteiger charge is 2.22. The third-order valence-corrected chi connectivity index (χ3v) is 7.67. The molecule has 0 radical (unpaired) electrons. The van der Waals surface area contributed by atoms with Crippen molar-refractivity contribution in [1.29, 1.82) is 0 Å². The first-order valence-corrected chi connectivity index (χ1v) is 12.7. The number of nitrogens with zero attached hydrogens (tertiary/aromatic N) is 1. The van der Waals surface area contributed by atoms with Crippen LogP contribution in [0.25, 0.3) is 0 Å². The number of benzene rings is 2. The number of nitrogens with one attached hydrogen (secondary N) is 2. The van der Waals surface area contributed by atoms with Crippen LogP contribution in [0.2, 0.25) is 0 Å². The fourth-order valence-electron chi connectivity index (χ4n) is 3.55. The zero-order valence-electron chi connectivity index (χ0n) is 17.6. The standard InChI is InChI=1S/C23H22FN3O4S2/c24-17-2-1-3-19(14-17)26-33(30,31)20-6-4-18(5-7-20)25-22(28)8-9-23(29)27-12-10-21-16(15-27)11-13-32-21/h1-7,11,13-14,26H,8-10,12,15H2,(H,25,28). The Morgan fingerprint density at radius 2 is 1.82 bits per heavy atom. The van der Waals surface area contributed by atoms with E-state index in [1.54, 1.807) is 16.2 Å². The van der Waals surface area contributed by atoms with Crippen LogP contribution < -0.4 is 10.0 Å². The zero-order valence-corrected chi connectivity index (χ0v) is 19.2. The molecule has 2 aromatic carbocycles. The monoisotopic (exact) mass is 487 g/mol. The van der Waals surface area contributed by atoms with Crippen LogP contribution in [0.3, 0.4) is 0 Å². The maximum absolute atomic E-state index is 13.3. The highest BCUT2D eigenvalue weighted by molar-refractivity contribution is 7.92. The molecule has 1 aliphatic heterocycles. The van der Waals surface area contributed by atoms with Gasteiger partial charge in [0.15, 0.2) is 0 Å². The maximum atomic E-state index is 13.3. The molecule has 0 saturated heterocycles. The fraction of sp³-hybridized carbons (Fsp3) is 0.217. The molecule has 0 fully saturated rings. The molecule has 2 heterocycles. The van der Waals surface area contributed by atoms with Crippen LogP contribution in [-0.2, 0) is 32.6 Å². The van der Waals surface area contributed by atoms with Crippen molar-refractivity contribution in [3.05, 3.63) is 76.2 Å². The van der Waals surface area contributed by atoms with Crippen molar-refractivity contribution in [3.63, 3.8) is 0 Å². The number of carbonyl (C=O) groups excluding carboxylic acids is 2. The Morgan fingerprint density at radius 3 is 2.58 bits per heavy atom. The molecule has 1 aliphatic rings. The first kappa shape index (κ1) is 22.9. The first-order valence-electron chi connectivity index (χ1n) is 10.3. The van der Waals surface area contributed by atoms with Crippen LogP contribution >= 0.6 is 11.3 Å². The molecule has 2 amide bonds. The number of thiophene rings is 1. The van der Waals surface area contributed by atoms with E-state index in [0.717, 1.165) is 12.5 Å². The molecule has 0 saturated carbocycles. The lowest BCUT2D eigenvalue weighted by atomic mass is 10.1. The molecule has 10 heteroatoms. The Hall–Kier alpha value is -3.24. The molecule has 0 unspecified atom stereocenters. The zero-order chi connectivity index (χ0) is 23.4. The quantitative estimate of drug-likeness (QED) is 0.527. The maximum Gasteiger partial charge on any atom is 0.261 e. The Bertz CT molecular complexity index is 1270. The lowest BCUT2D eigenvalue weighted by Gasteiger charge is -2.27. The third kappa shape index (κ3) is 5.77. The van der Waals surface area contributed by atoms with Gasteiger partial charge in [0.1, 0.15) is 5.82 Å². The van der Waals surface area contributed by atoms with E-state index in [9.17, 15) is 22.4 Å². The van der Waals surface area contributed by atoms with E-state index in [-0.39, 0.29) is 35.2 Å². The summed E-state index contributed by atoms with van der Waals surface area (Å²) < 4.78 is 40.5. The van der Waals surface area contributed by atoms with Crippen LogP contribution in [0.1, 0.15) is 23.3 Å². The summed E-state index contributed by atoms with van der Waals surface area (Å²) in [5.41, 5.74) is 1.70. The van der Waals surface area contributed by atoms with Gasteiger partial charge in [-0.05, 0) is 65.9 Å². The first-order chi connectivity index (χ1) is 15.8. The second-order valence-electron chi connectivity index (χ2n) is 7.62. The number of carbonyl (C=O) groups is 2. The number of fused-ring (bicyclic) bond motifs is 1. The molecule has 0 bridgehead atoms. The van der Waals surface area contributed by atoms with Crippen molar-refractivity contribution in [2.75, 3.05) is 16.6 Å². The van der Waals surface area contributed by atoms with E-state index in [1.807, 2.05) is 11.4 Å². The van der Waals surface area contributed by atoms with E-state index >= 15 is 0 Å². The van der Waals surface area contributed by atoms with Crippen molar-refractivity contribution in [2.45, 2.75) is 30.7 Å². The molecular formula is C23H22FN3O4S2. The largest absolute Gasteiger partial charge is 0.338 e. The summed E-state index contributed by atoms with van der Waals surface area (Å²) in [6.07, 6.45) is 0.983. The van der Waals surface area contributed by atoms with Gasteiger partial charge in [-0.1, -0.05) is 6.07 Å². The Balaban J connectivity index is 1.28. The third-order valence-electron chi connectivity index (χ3n) is 5.25. The van der Waals surface area contributed by atoms with Gasteiger partial charge >= 0.3 is 0 Å². The minimum absolute atomic E-state index is 0.0298. The van der Waals surface area contributed by atoms with Crippen LogP contribution in [0, 0.1) is 5.82 Å². The van der Waals surface area contributed by atoms with E-state index in [2.05, 4.69) is 10.0 Å². The molecule has 33 heavy (non-hydrogen) atoms. The highest BCUT2D eigenvalue weighted by atomic mass is 32.2. The normalized spacial score (nSPS) is 13.3. The van der Waals surface area contributed by atoms with Gasteiger partial charge in [-0.3, -0.25) is 14.3 Å². The van der Waals surface area contributed by atoms with Crippen molar-refractivity contribution in [1.82, 2.24) is 4.90 Å². The molecule has 2 N–H and O–H groups in total. The van der Waals surface area contributed by atoms with E-state index < -0.39 is 15.8 Å². The number of rotatable bonds is 7. The Morgan fingerprint density at radius 1 is 1.03 bits per heavy atom. The second-order valence-corrected chi connectivity index (χ2v) is 10.3. The van der Waals surface area contributed by atoms with Crippen molar-refractivity contribution < 1.29 is 22.4 Å². The lowest BCUT2D eigenvalue weighted by Crippen LogP contribution is -2.35. The molecule has 0 atom stereocenters. The topological polar surface area (TPSA) is 95.6 Å².